The molecular formula is C13H19F2NO. The number of ether oxygens (including phenoxy) is 1. The average molecular weight is 243 g/mol. The van der Waals surface area contributed by atoms with Crippen molar-refractivity contribution in [3.63, 3.8) is 0 Å². The fraction of sp³-hybridized carbons (Fsp3) is 0.538. The predicted molar refractivity (Wildman–Crippen MR) is 64.8 cm³/mol. The standard InChI is InChI=1S/C13H19F2NO/c1-13(16-2,12(14)15)9-8-10-4-6-11(17-3)7-5-10/h4-7,12,16H,8-9H2,1-3H3. The van der Waals surface area contributed by atoms with E-state index in [2.05, 4.69) is 5.32 Å². The second-order valence-corrected chi connectivity index (χ2v) is 4.32. The lowest BCUT2D eigenvalue weighted by atomic mass is 9.94. The smallest absolute Gasteiger partial charge is 0.256 e. The van der Waals surface area contributed by atoms with Crippen LogP contribution >= 0.6 is 0 Å². The molecule has 0 heterocycles. The van der Waals surface area contributed by atoms with Crippen molar-refractivity contribution in [2.45, 2.75) is 31.7 Å². The van der Waals surface area contributed by atoms with E-state index in [1.807, 2.05) is 24.3 Å². The zero-order valence-corrected chi connectivity index (χ0v) is 10.5. The maximum Gasteiger partial charge on any atom is 0.256 e. The Hall–Kier alpha value is -1.16. The minimum Gasteiger partial charge on any atom is -0.497 e. The van der Waals surface area contributed by atoms with Gasteiger partial charge in [0.2, 0.25) is 0 Å². The third-order valence-corrected chi connectivity index (χ3v) is 3.14. The van der Waals surface area contributed by atoms with Crippen LogP contribution in [-0.2, 0) is 6.42 Å². The third kappa shape index (κ3) is 3.66. The van der Waals surface area contributed by atoms with Crippen molar-refractivity contribution in [3.05, 3.63) is 29.8 Å². The fourth-order valence-corrected chi connectivity index (χ4v) is 1.54. The molecule has 1 aromatic rings. The van der Waals surface area contributed by atoms with Crippen molar-refractivity contribution >= 4 is 0 Å². The van der Waals surface area contributed by atoms with Crippen LogP contribution in [0.2, 0.25) is 0 Å². The van der Waals surface area contributed by atoms with Gasteiger partial charge in [-0.1, -0.05) is 12.1 Å². The molecule has 1 rings (SSSR count). The maximum atomic E-state index is 12.8. The van der Waals surface area contributed by atoms with Crippen LogP contribution in [0, 0.1) is 0 Å². The first-order chi connectivity index (χ1) is 8.01. The van der Waals surface area contributed by atoms with Gasteiger partial charge in [-0.05, 0) is 44.5 Å². The quantitative estimate of drug-likeness (QED) is 0.829. The molecular weight excluding hydrogens is 224 g/mol. The average Bonchev–Trinajstić information content (AvgIpc) is 2.36. The monoisotopic (exact) mass is 243 g/mol. The minimum atomic E-state index is -2.37. The van der Waals surface area contributed by atoms with Crippen LogP contribution in [-0.4, -0.2) is 26.1 Å². The van der Waals surface area contributed by atoms with Crippen LogP contribution in [0.15, 0.2) is 24.3 Å². The topological polar surface area (TPSA) is 21.3 Å². The number of methoxy groups -OCH3 is 1. The molecule has 0 aliphatic carbocycles. The minimum absolute atomic E-state index is 0.396. The molecule has 0 aliphatic rings. The second-order valence-electron chi connectivity index (χ2n) is 4.32. The summed E-state index contributed by atoms with van der Waals surface area (Å²) >= 11 is 0. The van der Waals surface area contributed by atoms with E-state index < -0.39 is 12.0 Å². The number of aryl methyl sites for hydroxylation is 1. The first kappa shape index (κ1) is 13.9. The lowest BCUT2D eigenvalue weighted by Crippen LogP contribution is -2.46. The van der Waals surface area contributed by atoms with Crippen LogP contribution in [0.5, 0.6) is 5.75 Å². The summed E-state index contributed by atoms with van der Waals surface area (Å²) in [5, 5.41) is 2.70. The Morgan fingerprint density at radius 3 is 2.29 bits per heavy atom. The number of benzene rings is 1. The highest BCUT2D eigenvalue weighted by molar-refractivity contribution is 5.27. The highest BCUT2D eigenvalue weighted by atomic mass is 19.3. The summed E-state index contributed by atoms with van der Waals surface area (Å²) in [6.07, 6.45) is -1.36. The van der Waals surface area contributed by atoms with Gasteiger partial charge >= 0.3 is 0 Å². The Kier molecular flexibility index (Phi) is 4.87. The molecule has 0 amide bonds. The molecule has 1 unspecified atom stereocenters. The van der Waals surface area contributed by atoms with Crippen molar-refractivity contribution in [1.29, 1.82) is 0 Å². The predicted octanol–water partition coefficient (Wildman–Crippen LogP) is 2.87. The Labute approximate surface area is 101 Å². The zero-order chi connectivity index (χ0) is 12.9. The Morgan fingerprint density at radius 2 is 1.88 bits per heavy atom. The lowest BCUT2D eigenvalue weighted by molar-refractivity contribution is 0.0401. The van der Waals surface area contributed by atoms with Gasteiger partial charge in [-0.3, -0.25) is 0 Å². The first-order valence-electron chi connectivity index (χ1n) is 5.62. The van der Waals surface area contributed by atoms with E-state index in [0.29, 0.717) is 12.8 Å². The largest absolute Gasteiger partial charge is 0.497 e. The van der Waals surface area contributed by atoms with E-state index >= 15 is 0 Å². The van der Waals surface area contributed by atoms with Gasteiger partial charge in [0, 0.05) is 0 Å². The first-order valence-corrected chi connectivity index (χ1v) is 5.62. The van der Waals surface area contributed by atoms with Crippen LogP contribution in [0.1, 0.15) is 18.9 Å². The molecule has 0 aromatic heterocycles. The van der Waals surface area contributed by atoms with Gasteiger partial charge in [0.05, 0.1) is 12.6 Å². The van der Waals surface area contributed by atoms with Gasteiger partial charge in [-0.15, -0.1) is 0 Å². The van der Waals surface area contributed by atoms with Crippen LogP contribution < -0.4 is 10.1 Å². The molecule has 0 bridgehead atoms. The maximum absolute atomic E-state index is 12.8. The molecule has 96 valence electrons. The van der Waals surface area contributed by atoms with E-state index in [0.717, 1.165) is 11.3 Å². The van der Waals surface area contributed by atoms with E-state index in [1.54, 1.807) is 21.1 Å². The summed E-state index contributed by atoms with van der Waals surface area (Å²) in [5.74, 6) is 0.777. The number of rotatable bonds is 6. The van der Waals surface area contributed by atoms with Gasteiger partial charge in [-0.25, -0.2) is 8.78 Å². The Morgan fingerprint density at radius 1 is 1.29 bits per heavy atom. The van der Waals surface area contributed by atoms with Crippen molar-refractivity contribution in [1.82, 2.24) is 5.32 Å². The summed E-state index contributed by atoms with van der Waals surface area (Å²) in [4.78, 5) is 0. The zero-order valence-electron chi connectivity index (χ0n) is 10.5. The molecule has 0 saturated carbocycles. The number of hydrogen-bond acceptors (Lipinski definition) is 2. The summed E-state index contributed by atoms with van der Waals surface area (Å²) in [7, 11) is 3.17. The Bertz CT molecular complexity index is 340. The van der Waals surface area contributed by atoms with Crippen molar-refractivity contribution in [3.8, 4) is 5.75 Å². The van der Waals surface area contributed by atoms with Crippen molar-refractivity contribution < 1.29 is 13.5 Å². The van der Waals surface area contributed by atoms with Gasteiger partial charge in [0.1, 0.15) is 5.75 Å². The molecule has 0 radical (unpaired) electrons. The highest BCUT2D eigenvalue weighted by Gasteiger charge is 2.32. The van der Waals surface area contributed by atoms with E-state index in [9.17, 15) is 8.78 Å². The third-order valence-electron chi connectivity index (χ3n) is 3.14. The molecule has 0 aliphatic heterocycles. The van der Waals surface area contributed by atoms with Gasteiger partial charge in [0.25, 0.3) is 6.43 Å². The molecule has 1 atom stereocenters. The molecule has 4 heteroatoms. The van der Waals surface area contributed by atoms with E-state index in [4.69, 9.17) is 4.74 Å². The molecule has 2 nitrogen and oxygen atoms in total. The number of nitrogens with one attached hydrogen (secondary N) is 1. The van der Waals surface area contributed by atoms with Gasteiger partial charge in [-0.2, -0.15) is 0 Å². The van der Waals surface area contributed by atoms with E-state index in [-0.39, 0.29) is 0 Å². The van der Waals surface area contributed by atoms with Crippen LogP contribution in [0.4, 0.5) is 8.78 Å². The summed E-state index contributed by atoms with van der Waals surface area (Å²) in [6, 6.07) is 7.49. The van der Waals surface area contributed by atoms with Crippen LogP contribution in [0.25, 0.3) is 0 Å². The summed E-state index contributed by atoms with van der Waals surface area (Å²) in [5.41, 5.74) is -0.0900. The van der Waals surface area contributed by atoms with Crippen LogP contribution in [0.3, 0.4) is 0 Å². The fourth-order valence-electron chi connectivity index (χ4n) is 1.54. The number of alkyl halides is 2. The van der Waals surface area contributed by atoms with Crippen molar-refractivity contribution in [2.24, 2.45) is 0 Å². The van der Waals surface area contributed by atoms with Crippen molar-refractivity contribution in [2.75, 3.05) is 14.2 Å². The Balaban J connectivity index is 2.59. The molecule has 17 heavy (non-hydrogen) atoms. The van der Waals surface area contributed by atoms with Gasteiger partial charge < -0.3 is 10.1 Å². The molecule has 0 spiro atoms. The lowest BCUT2D eigenvalue weighted by Gasteiger charge is -2.28. The molecule has 1 aromatic carbocycles. The van der Waals surface area contributed by atoms with Gasteiger partial charge in [0.15, 0.2) is 0 Å². The normalized spacial score (nSPS) is 14.7. The number of hydrogen-bond donors (Lipinski definition) is 1. The highest BCUT2D eigenvalue weighted by Crippen LogP contribution is 2.22. The molecule has 0 saturated heterocycles. The molecule has 0 fully saturated rings. The summed E-state index contributed by atoms with van der Waals surface area (Å²) < 4.78 is 30.7. The van der Waals surface area contributed by atoms with E-state index in [1.165, 1.54) is 0 Å². The number of halogens is 2. The SMILES string of the molecule is CNC(C)(CCc1ccc(OC)cc1)C(F)F. The molecule has 1 N–H and O–H groups in total. The second kappa shape index (κ2) is 5.96. The summed E-state index contributed by atoms with van der Waals surface area (Å²) in [6.45, 7) is 1.54.